The minimum atomic E-state index is -0.542. The number of hydrogen-bond acceptors (Lipinski definition) is 4. The van der Waals surface area contributed by atoms with Crippen LogP contribution in [-0.2, 0) is 19.7 Å². The molecule has 2 atom stereocenters. The van der Waals surface area contributed by atoms with Crippen LogP contribution in [0.15, 0.2) is 72.8 Å². The van der Waals surface area contributed by atoms with Gasteiger partial charge in [0, 0.05) is 11.3 Å². The number of anilines is 1. The van der Waals surface area contributed by atoms with Gasteiger partial charge in [-0.05, 0) is 52.9 Å². The predicted molar refractivity (Wildman–Crippen MR) is 123 cm³/mol. The summed E-state index contributed by atoms with van der Waals surface area (Å²) in [6, 6.07) is 23.1. The molecule has 5 heteroatoms. The van der Waals surface area contributed by atoms with Crippen molar-refractivity contribution in [3.8, 4) is 0 Å². The van der Waals surface area contributed by atoms with Crippen LogP contribution in [0.25, 0.3) is 0 Å². The lowest BCUT2D eigenvalue weighted by molar-refractivity contribution is -0.123. The zero-order chi connectivity index (χ0) is 22.9. The number of amides is 2. The van der Waals surface area contributed by atoms with E-state index in [1.807, 2.05) is 24.3 Å². The van der Waals surface area contributed by atoms with Crippen LogP contribution in [0.4, 0.5) is 5.69 Å². The van der Waals surface area contributed by atoms with Crippen molar-refractivity contribution in [3.63, 3.8) is 0 Å². The van der Waals surface area contributed by atoms with Crippen LogP contribution in [0, 0.1) is 11.8 Å². The summed E-state index contributed by atoms with van der Waals surface area (Å²) in [6.45, 7) is 2.11. The molecule has 1 heterocycles. The average molecular weight is 437 g/mol. The summed E-state index contributed by atoms with van der Waals surface area (Å²) in [7, 11) is 1.32. The van der Waals surface area contributed by atoms with E-state index in [-0.39, 0.29) is 17.7 Å². The Hall–Kier alpha value is -3.73. The number of carbonyl (C=O) groups excluding carboxylic acids is 3. The Morgan fingerprint density at radius 3 is 2.00 bits per heavy atom. The molecule has 2 bridgehead atoms. The highest BCUT2D eigenvalue weighted by Crippen LogP contribution is 2.65. The van der Waals surface area contributed by atoms with Gasteiger partial charge in [-0.25, -0.2) is 9.69 Å². The van der Waals surface area contributed by atoms with E-state index in [2.05, 4.69) is 31.2 Å². The molecule has 2 amide bonds. The third-order valence-corrected chi connectivity index (χ3v) is 7.90. The summed E-state index contributed by atoms with van der Waals surface area (Å²) in [4.78, 5) is 41.1. The minimum Gasteiger partial charge on any atom is -0.465 e. The SMILES string of the molecule is CCC12c3ccccc3C(c3ccccc31)[C@@H]1C(=O)N(c3ccc(C(=O)OC)cc3)C(=O)[C@@H]12. The van der Waals surface area contributed by atoms with Gasteiger partial charge in [0.05, 0.1) is 30.2 Å². The third kappa shape index (κ3) is 2.34. The van der Waals surface area contributed by atoms with Gasteiger partial charge < -0.3 is 4.74 Å². The van der Waals surface area contributed by atoms with Gasteiger partial charge >= 0.3 is 5.97 Å². The number of rotatable bonds is 3. The van der Waals surface area contributed by atoms with Gasteiger partial charge in [0.15, 0.2) is 0 Å². The van der Waals surface area contributed by atoms with E-state index in [0.29, 0.717) is 11.3 Å². The molecule has 0 unspecified atom stereocenters. The standard InChI is InChI=1S/C28H23NO4/c1-3-28-20-10-6-4-8-18(20)22(19-9-5-7-11-21(19)28)23-24(28)26(31)29(25(23)30)17-14-12-16(13-15-17)27(32)33-2/h4-15,22-24H,3H2,1-2H3/t22?,23-,24+,28?/m0/s1. The molecule has 7 rings (SSSR count). The molecule has 4 aliphatic rings. The van der Waals surface area contributed by atoms with Gasteiger partial charge in [-0.15, -0.1) is 0 Å². The first-order chi connectivity index (χ1) is 16.0. The van der Waals surface area contributed by atoms with Crippen molar-refractivity contribution in [1.29, 1.82) is 0 Å². The van der Waals surface area contributed by atoms with Gasteiger partial charge in [-0.3, -0.25) is 9.59 Å². The fourth-order valence-electron chi connectivity index (χ4n) is 6.65. The van der Waals surface area contributed by atoms with Gasteiger partial charge in [0.1, 0.15) is 0 Å². The summed E-state index contributed by atoms with van der Waals surface area (Å²) < 4.78 is 4.77. The molecule has 3 aromatic rings. The molecule has 5 nitrogen and oxygen atoms in total. The van der Waals surface area contributed by atoms with Gasteiger partial charge in [0.25, 0.3) is 0 Å². The van der Waals surface area contributed by atoms with Crippen LogP contribution in [0.1, 0.15) is 51.9 Å². The van der Waals surface area contributed by atoms with Crippen LogP contribution < -0.4 is 4.90 Å². The molecule has 0 saturated carbocycles. The summed E-state index contributed by atoms with van der Waals surface area (Å²) in [5, 5.41) is 0. The van der Waals surface area contributed by atoms with Crippen molar-refractivity contribution in [1.82, 2.24) is 0 Å². The number of esters is 1. The lowest BCUT2D eigenvalue weighted by atomic mass is 9.46. The maximum absolute atomic E-state index is 14.0. The van der Waals surface area contributed by atoms with Gasteiger partial charge in [-0.1, -0.05) is 55.5 Å². The smallest absolute Gasteiger partial charge is 0.337 e. The Kier molecular flexibility index (Phi) is 4.15. The second-order valence-electron chi connectivity index (χ2n) is 9.03. The Labute approximate surface area is 192 Å². The van der Waals surface area contributed by atoms with Crippen LogP contribution >= 0.6 is 0 Å². The number of methoxy groups -OCH3 is 1. The lowest BCUT2D eigenvalue weighted by Gasteiger charge is -2.54. The maximum atomic E-state index is 14.0. The normalized spacial score (nSPS) is 26.6. The van der Waals surface area contributed by atoms with Gasteiger partial charge in [-0.2, -0.15) is 0 Å². The van der Waals surface area contributed by atoms with E-state index in [1.54, 1.807) is 24.3 Å². The molecular weight excluding hydrogens is 414 g/mol. The molecule has 0 spiro atoms. The first-order valence-electron chi connectivity index (χ1n) is 11.3. The molecule has 33 heavy (non-hydrogen) atoms. The highest BCUT2D eigenvalue weighted by atomic mass is 16.5. The Bertz CT molecular complexity index is 1280. The number of benzene rings is 3. The second-order valence-corrected chi connectivity index (χ2v) is 9.03. The fourth-order valence-corrected chi connectivity index (χ4v) is 6.65. The molecule has 1 saturated heterocycles. The second kappa shape index (κ2) is 6.88. The van der Waals surface area contributed by atoms with Crippen molar-refractivity contribution in [2.24, 2.45) is 11.8 Å². The molecule has 0 radical (unpaired) electrons. The number of imide groups is 1. The largest absolute Gasteiger partial charge is 0.465 e. The molecule has 3 aliphatic carbocycles. The predicted octanol–water partition coefficient (Wildman–Crippen LogP) is 4.43. The van der Waals surface area contributed by atoms with Crippen molar-refractivity contribution in [3.05, 3.63) is 101 Å². The lowest BCUT2D eigenvalue weighted by Crippen LogP contribution is -2.53. The van der Waals surface area contributed by atoms with E-state index in [1.165, 1.54) is 23.1 Å². The molecule has 1 fully saturated rings. The zero-order valence-electron chi connectivity index (χ0n) is 18.4. The van der Waals surface area contributed by atoms with E-state index < -0.39 is 23.2 Å². The van der Waals surface area contributed by atoms with Crippen molar-refractivity contribution in [2.75, 3.05) is 12.0 Å². The van der Waals surface area contributed by atoms with Crippen LogP contribution in [0.3, 0.4) is 0 Å². The summed E-state index contributed by atoms with van der Waals surface area (Å²) >= 11 is 0. The molecule has 164 valence electrons. The molecule has 1 aliphatic heterocycles. The summed E-state index contributed by atoms with van der Waals surface area (Å²) in [6.07, 6.45) is 0.725. The number of carbonyl (C=O) groups is 3. The van der Waals surface area contributed by atoms with Crippen molar-refractivity contribution < 1.29 is 19.1 Å². The van der Waals surface area contributed by atoms with Gasteiger partial charge in [0.2, 0.25) is 11.8 Å². The number of nitrogens with zero attached hydrogens (tertiary/aromatic N) is 1. The molecular formula is C28H23NO4. The van der Waals surface area contributed by atoms with E-state index >= 15 is 0 Å². The van der Waals surface area contributed by atoms with Crippen molar-refractivity contribution in [2.45, 2.75) is 24.7 Å². The molecule has 0 aromatic heterocycles. The molecule has 0 N–H and O–H groups in total. The Balaban J connectivity index is 1.54. The van der Waals surface area contributed by atoms with Crippen LogP contribution in [0.5, 0.6) is 0 Å². The quantitative estimate of drug-likeness (QED) is 0.449. The highest BCUT2D eigenvalue weighted by molar-refractivity contribution is 6.23. The first-order valence-corrected chi connectivity index (χ1v) is 11.3. The summed E-state index contributed by atoms with van der Waals surface area (Å²) in [5.41, 5.74) is 4.98. The van der Waals surface area contributed by atoms with E-state index in [9.17, 15) is 14.4 Å². The highest BCUT2D eigenvalue weighted by Gasteiger charge is 2.67. The topological polar surface area (TPSA) is 63.7 Å². The number of ether oxygens (including phenoxy) is 1. The minimum absolute atomic E-state index is 0.147. The third-order valence-electron chi connectivity index (χ3n) is 7.90. The maximum Gasteiger partial charge on any atom is 0.337 e. The van der Waals surface area contributed by atoms with Crippen LogP contribution in [-0.4, -0.2) is 24.9 Å². The fraction of sp³-hybridized carbons (Fsp3) is 0.250. The van der Waals surface area contributed by atoms with E-state index in [0.717, 1.165) is 17.5 Å². The zero-order valence-corrected chi connectivity index (χ0v) is 18.4. The monoisotopic (exact) mass is 437 g/mol. The number of hydrogen-bond donors (Lipinski definition) is 0. The average Bonchev–Trinajstić information content (AvgIpc) is 3.14. The summed E-state index contributed by atoms with van der Waals surface area (Å²) in [5.74, 6) is -1.82. The van der Waals surface area contributed by atoms with Crippen molar-refractivity contribution >= 4 is 23.5 Å². The Morgan fingerprint density at radius 2 is 1.45 bits per heavy atom. The first kappa shape index (κ1) is 19.9. The van der Waals surface area contributed by atoms with Crippen LogP contribution in [0.2, 0.25) is 0 Å². The Morgan fingerprint density at radius 1 is 0.879 bits per heavy atom. The van der Waals surface area contributed by atoms with E-state index in [4.69, 9.17) is 4.74 Å². The molecule has 3 aromatic carbocycles.